The molecule has 0 saturated heterocycles. The van der Waals surface area contributed by atoms with E-state index < -0.39 is 5.82 Å². The van der Waals surface area contributed by atoms with Crippen LogP contribution in [0.2, 0.25) is 5.02 Å². The minimum atomic E-state index is -0.454. The standard InChI is InChI=1S/C16H16ClFN2O/c17-12-8-10(4-6-13(12)18)9-20-15-3-1-2-14(19)11(15)5-7-16(20)21/h4-8,14H,1-3,9,19H2. The number of nitrogens with zero attached hydrogens (tertiary/aromatic N) is 1. The number of nitrogens with two attached hydrogens (primary N) is 1. The monoisotopic (exact) mass is 306 g/mol. The van der Waals surface area contributed by atoms with Gasteiger partial charge in [0, 0.05) is 17.8 Å². The van der Waals surface area contributed by atoms with E-state index >= 15 is 0 Å². The van der Waals surface area contributed by atoms with Crippen molar-refractivity contribution in [2.45, 2.75) is 31.8 Å². The van der Waals surface area contributed by atoms with Crippen molar-refractivity contribution in [3.8, 4) is 0 Å². The lowest BCUT2D eigenvalue weighted by Crippen LogP contribution is -2.29. The molecule has 1 aliphatic carbocycles. The Labute approximate surface area is 127 Å². The van der Waals surface area contributed by atoms with Gasteiger partial charge in [-0.1, -0.05) is 23.7 Å². The Kier molecular flexibility index (Phi) is 3.83. The molecule has 3 nitrogen and oxygen atoms in total. The average molecular weight is 307 g/mol. The zero-order valence-corrected chi connectivity index (χ0v) is 12.2. The summed E-state index contributed by atoms with van der Waals surface area (Å²) < 4.78 is 14.9. The molecule has 1 aromatic carbocycles. The molecule has 21 heavy (non-hydrogen) atoms. The van der Waals surface area contributed by atoms with Gasteiger partial charge >= 0.3 is 0 Å². The molecular weight excluding hydrogens is 291 g/mol. The van der Waals surface area contributed by atoms with E-state index in [1.54, 1.807) is 22.8 Å². The minimum Gasteiger partial charge on any atom is -0.324 e. The first-order valence-electron chi connectivity index (χ1n) is 6.98. The van der Waals surface area contributed by atoms with Gasteiger partial charge in [0.25, 0.3) is 5.56 Å². The van der Waals surface area contributed by atoms with E-state index in [1.807, 2.05) is 6.07 Å². The molecule has 0 fully saturated rings. The Hall–Kier alpha value is -1.65. The fourth-order valence-corrected chi connectivity index (χ4v) is 3.09. The number of fused-ring (bicyclic) bond motifs is 1. The molecule has 0 amide bonds. The summed E-state index contributed by atoms with van der Waals surface area (Å²) in [5.41, 5.74) is 8.88. The van der Waals surface area contributed by atoms with Gasteiger partial charge < -0.3 is 10.3 Å². The van der Waals surface area contributed by atoms with Gasteiger partial charge in [-0.2, -0.15) is 0 Å². The third-order valence-corrected chi connectivity index (χ3v) is 4.27. The van der Waals surface area contributed by atoms with Gasteiger partial charge in [-0.3, -0.25) is 4.79 Å². The second kappa shape index (κ2) is 5.62. The summed E-state index contributed by atoms with van der Waals surface area (Å²) in [6.45, 7) is 0.384. The first-order valence-corrected chi connectivity index (χ1v) is 7.36. The second-order valence-corrected chi connectivity index (χ2v) is 5.81. The van der Waals surface area contributed by atoms with Crippen molar-refractivity contribution in [1.29, 1.82) is 0 Å². The van der Waals surface area contributed by atoms with E-state index in [0.717, 1.165) is 36.1 Å². The Morgan fingerprint density at radius 2 is 2.14 bits per heavy atom. The molecule has 0 aliphatic heterocycles. The lowest BCUT2D eigenvalue weighted by Gasteiger charge is -2.25. The van der Waals surface area contributed by atoms with Crippen molar-refractivity contribution in [2.75, 3.05) is 0 Å². The Balaban J connectivity index is 2.04. The first kappa shape index (κ1) is 14.3. The molecule has 0 saturated carbocycles. The van der Waals surface area contributed by atoms with Crippen LogP contribution in [0.25, 0.3) is 0 Å². The van der Waals surface area contributed by atoms with Gasteiger partial charge in [0.1, 0.15) is 5.82 Å². The van der Waals surface area contributed by atoms with Crippen LogP contribution in [-0.4, -0.2) is 4.57 Å². The van der Waals surface area contributed by atoms with Gasteiger partial charge in [-0.15, -0.1) is 0 Å². The van der Waals surface area contributed by atoms with Gasteiger partial charge in [0.05, 0.1) is 11.6 Å². The van der Waals surface area contributed by atoms with E-state index in [-0.39, 0.29) is 16.6 Å². The smallest absolute Gasteiger partial charge is 0.251 e. The molecule has 1 heterocycles. The molecule has 0 bridgehead atoms. The zero-order chi connectivity index (χ0) is 15.0. The molecule has 1 atom stereocenters. The third kappa shape index (κ3) is 2.74. The molecule has 1 aromatic heterocycles. The largest absolute Gasteiger partial charge is 0.324 e. The van der Waals surface area contributed by atoms with E-state index in [2.05, 4.69) is 0 Å². The quantitative estimate of drug-likeness (QED) is 0.927. The van der Waals surface area contributed by atoms with Crippen molar-refractivity contribution >= 4 is 11.6 Å². The summed E-state index contributed by atoms with van der Waals surface area (Å²) in [7, 11) is 0. The molecule has 0 spiro atoms. The number of benzene rings is 1. The van der Waals surface area contributed by atoms with Crippen LogP contribution in [0.3, 0.4) is 0 Å². The lowest BCUT2D eigenvalue weighted by molar-refractivity contribution is 0.529. The van der Waals surface area contributed by atoms with Crippen LogP contribution in [-0.2, 0) is 13.0 Å². The predicted octanol–water partition coefficient (Wildman–Crippen LogP) is 3.03. The third-order valence-electron chi connectivity index (χ3n) is 3.98. The zero-order valence-electron chi connectivity index (χ0n) is 11.5. The Bertz CT molecular complexity index is 742. The summed E-state index contributed by atoms with van der Waals surface area (Å²) in [5.74, 6) is -0.454. The van der Waals surface area contributed by atoms with Crippen LogP contribution < -0.4 is 11.3 Å². The summed E-state index contributed by atoms with van der Waals surface area (Å²) in [5, 5.41) is 0.0713. The lowest BCUT2D eigenvalue weighted by atomic mass is 9.91. The normalized spacial score (nSPS) is 17.6. The maximum absolute atomic E-state index is 13.2. The van der Waals surface area contributed by atoms with Crippen LogP contribution in [0.5, 0.6) is 0 Å². The van der Waals surface area contributed by atoms with Crippen molar-refractivity contribution in [1.82, 2.24) is 4.57 Å². The average Bonchev–Trinajstić information content (AvgIpc) is 2.46. The van der Waals surface area contributed by atoms with Crippen LogP contribution in [0.15, 0.2) is 35.1 Å². The van der Waals surface area contributed by atoms with E-state index in [1.165, 1.54) is 6.07 Å². The summed E-state index contributed by atoms with van der Waals surface area (Å²) in [4.78, 5) is 12.2. The number of rotatable bonds is 2. The molecule has 1 unspecified atom stereocenters. The number of pyridine rings is 1. The Morgan fingerprint density at radius 1 is 1.33 bits per heavy atom. The highest BCUT2D eigenvalue weighted by atomic mass is 35.5. The molecule has 2 N–H and O–H groups in total. The molecule has 5 heteroatoms. The topological polar surface area (TPSA) is 48.0 Å². The Morgan fingerprint density at radius 3 is 2.90 bits per heavy atom. The van der Waals surface area contributed by atoms with E-state index in [9.17, 15) is 9.18 Å². The fourth-order valence-electron chi connectivity index (χ4n) is 2.89. The molecule has 1 aliphatic rings. The number of hydrogen-bond donors (Lipinski definition) is 1. The van der Waals surface area contributed by atoms with Crippen molar-refractivity contribution in [2.24, 2.45) is 5.73 Å². The van der Waals surface area contributed by atoms with Crippen LogP contribution >= 0.6 is 11.6 Å². The van der Waals surface area contributed by atoms with Crippen molar-refractivity contribution in [3.63, 3.8) is 0 Å². The van der Waals surface area contributed by atoms with Gasteiger partial charge in [-0.05, 0) is 42.5 Å². The van der Waals surface area contributed by atoms with Gasteiger partial charge in [0.2, 0.25) is 0 Å². The number of halogens is 2. The first-order chi connectivity index (χ1) is 10.1. The summed E-state index contributed by atoms with van der Waals surface area (Å²) in [6, 6.07) is 7.90. The van der Waals surface area contributed by atoms with Gasteiger partial charge in [-0.25, -0.2) is 4.39 Å². The molecule has 0 radical (unpaired) electrons. The SMILES string of the molecule is NC1CCCc2c1ccc(=O)n2Cc1ccc(F)c(Cl)c1. The molecular formula is C16H16ClFN2O. The fraction of sp³-hybridized carbons (Fsp3) is 0.312. The molecule has 2 aromatic rings. The molecule has 3 rings (SSSR count). The van der Waals surface area contributed by atoms with Crippen LogP contribution in [0.4, 0.5) is 4.39 Å². The highest BCUT2D eigenvalue weighted by Crippen LogP contribution is 2.27. The highest BCUT2D eigenvalue weighted by molar-refractivity contribution is 6.30. The highest BCUT2D eigenvalue weighted by Gasteiger charge is 2.20. The van der Waals surface area contributed by atoms with Crippen molar-refractivity contribution in [3.05, 3.63) is 68.3 Å². The minimum absolute atomic E-state index is 0.0163. The van der Waals surface area contributed by atoms with Gasteiger partial charge in [0.15, 0.2) is 0 Å². The second-order valence-electron chi connectivity index (χ2n) is 5.41. The van der Waals surface area contributed by atoms with E-state index in [4.69, 9.17) is 17.3 Å². The molecule has 110 valence electrons. The van der Waals surface area contributed by atoms with E-state index in [0.29, 0.717) is 6.54 Å². The van der Waals surface area contributed by atoms with Crippen LogP contribution in [0, 0.1) is 5.82 Å². The van der Waals surface area contributed by atoms with Crippen molar-refractivity contribution < 1.29 is 4.39 Å². The number of hydrogen-bond acceptors (Lipinski definition) is 2. The maximum Gasteiger partial charge on any atom is 0.251 e. The predicted molar refractivity (Wildman–Crippen MR) is 81.1 cm³/mol. The summed E-state index contributed by atoms with van der Waals surface area (Å²) >= 11 is 5.80. The summed E-state index contributed by atoms with van der Waals surface area (Å²) in [6.07, 6.45) is 2.75. The number of aromatic nitrogens is 1. The van der Waals surface area contributed by atoms with Crippen LogP contribution in [0.1, 0.15) is 35.7 Å². The maximum atomic E-state index is 13.2.